The zero-order valence-electron chi connectivity index (χ0n) is 30.4. The molecule has 0 aliphatic rings. The van der Waals surface area contributed by atoms with Gasteiger partial charge in [0.1, 0.15) is 0 Å². The van der Waals surface area contributed by atoms with Gasteiger partial charge in [0, 0.05) is 49.5 Å². The van der Waals surface area contributed by atoms with E-state index in [0.717, 1.165) is 56.1 Å². The van der Waals surface area contributed by atoms with Crippen molar-refractivity contribution in [1.82, 2.24) is 19.1 Å². The minimum absolute atomic E-state index is 0.707. The fraction of sp³-hybridized carbons (Fsp3) is 0. The van der Waals surface area contributed by atoms with Crippen LogP contribution >= 0.6 is 0 Å². The average molecular weight is 715 g/mol. The van der Waals surface area contributed by atoms with Gasteiger partial charge in [0.25, 0.3) is 0 Å². The summed E-state index contributed by atoms with van der Waals surface area (Å²) in [5.74, 6) is 0.707. The van der Waals surface area contributed by atoms with Crippen LogP contribution < -0.4 is 0 Å². The van der Waals surface area contributed by atoms with Crippen molar-refractivity contribution in [2.24, 2.45) is 0 Å². The smallest absolute Gasteiger partial charge is 0.160 e. The highest BCUT2D eigenvalue weighted by Gasteiger charge is 2.21. The third kappa shape index (κ3) is 5.23. The first-order chi connectivity index (χ1) is 27.8. The van der Waals surface area contributed by atoms with Gasteiger partial charge in [-0.3, -0.25) is 0 Å². The molecule has 3 heterocycles. The quantitative estimate of drug-likeness (QED) is 0.172. The minimum atomic E-state index is 0.707. The van der Waals surface area contributed by atoms with Crippen LogP contribution in [-0.4, -0.2) is 19.1 Å². The summed E-state index contributed by atoms with van der Waals surface area (Å²) in [4.78, 5) is 10.1. The highest BCUT2D eigenvalue weighted by atomic mass is 15.0. The number of hydrogen-bond acceptors (Lipinski definition) is 2. The van der Waals surface area contributed by atoms with Gasteiger partial charge in [-0.05, 0) is 54.1 Å². The van der Waals surface area contributed by atoms with Gasteiger partial charge < -0.3 is 9.13 Å². The number of nitrogens with zero attached hydrogens (tertiary/aromatic N) is 4. The number of rotatable bonds is 6. The molecule has 4 heteroatoms. The van der Waals surface area contributed by atoms with Crippen LogP contribution in [0.4, 0.5) is 0 Å². The van der Waals surface area contributed by atoms with Crippen molar-refractivity contribution in [2.45, 2.75) is 0 Å². The van der Waals surface area contributed by atoms with Gasteiger partial charge in [0.2, 0.25) is 0 Å². The molecular weight excluding hydrogens is 681 g/mol. The molecule has 0 saturated carbocycles. The summed E-state index contributed by atoms with van der Waals surface area (Å²) >= 11 is 0. The highest BCUT2D eigenvalue weighted by Crippen LogP contribution is 2.42. The van der Waals surface area contributed by atoms with E-state index in [1.807, 2.05) is 24.3 Å². The van der Waals surface area contributed by atoms with Crippen molar-refractivity contribution in [3.8, 4) is 56.4 Å². The molecule has 262 valence electrons. The van der Waals surface area contributed by atoms with E-state index < -0.39 is 0 Å². The molecule has 3 aromatic heterocycles. The molecule has 0 aliphatic heterocycles. The van der Waals surface area contributed by atoms with Gasteiger partial charge >= 0.3 is 0 Å². The fourth-order valence-corrected chi connectivity index (χ4v) is 8.35. The van der Waals surface area contributed by atoms with E-state index in [1.165, 1.54) is 38.1 Å². The molecule has 0 fully saturated rings. The predicted octanol–water partition coefficient (Wildman–Crippen LogP) is 13.3. The Morgan fingerprint density at radius 2 is 0.750 bits per heavy atom. The van der Waals surface area contributed by atoms with Gasteiger partial charge in [-0.15, -0.1) is 0 Å². The van der Waals surface area contributed by atoms with E-state index in [2.05, 4.69) is 191 Å². The molecule has 0 bridgehead atoms. The van der Waals surface area contributed by atoms with Crippen molar-refractivity contribution >= 4 is 43.6 Å². The summed E-state index contributed by atoms with van der Waals surface area (Å²) in [7, 11) is 0. The lowest BCUT2D eigenvalue weighted by Crippen LogP contribution is -1.99. The van der Waals surface area contributed by atoms with Crippen molar-refractivity contribution in [1.29, 1.82) is 0 Å². The molecule has 4 nitrogen and oxygen atoms in total. The fourth-order valence-electron chi connectivity index (χ4n) is 8.35. The monoisotopic (exact) mass is 714 g/mol. The number of aromatic nitrogens is 4. The van der Waals surface area contributed by atoms with Crippen LogP contribution in [-0.2, 0) is 0 Å². The Bertz CT molecular complexity index is 3100. The van der Waals surface area contributed by atoms with Crippen LogP contribution in [0.2, 0.25) is 0 Å². The summed E-state index contributed by atoms with van der Waals surface area (Å²) in [6.07, 6.45) is 0. The molecule has 0 amide bonds. The Morgan fingerprint density at radius 1 is 0.304 bits per heavy atom. The van der Waals surface area contributed by atoms with Crippen molar-refractivity contribution < 1.29 is 0 Å². The molecule has 0 radical (unpaired) electrons. The normalized spacial score (nSPS) is 11.6. The van der Waals surface area contributed by atoms with E-state index in [-0.39, 0.29) is 0 Å². The van der Waals surface area contributed by atoms with Crippen LogP contribution in [0.25, 0.3) is 100 Å². The Labute approximate surface area is 324 Å². The van der Waals surface area contributed by atoms with Crippen LogP contribution in [0.3, 0.4) is 0 Å². The number of benzene rings is 8. The largest absolute Gasteiger partial charge is 0.309 e. The molecule has 0 aliphatic carbocycles. The van der Waals surface area contributed by atoms with Crippen LogP contribution in [0.1, 0.15) is 0 Å². The molecular formula is C52H34N4. The zero-order valence-corrected chi connectivity index (χ0v) is 30.4. The Hall–Kier alpha value is -7.56. The number of fused-ring (bicyclic) bond motifs is 6. The van der Waals surface area contributed by atoms with E-state index in [9.17, 15) is 0 Å². The van der Waals surface area contributed by atoms with Crippen molar-refractivity contribution in [3.05, 3.63) is 206 Å². The molecule has 0 unspecified atom stereocenters. The Morgan fingerprint density at radius 3 is 1.34 bits per heavy atom. The third-order valence-electron chi connectivity index (χ3n) is 10.9. The van der Waals surface area contributed by atoms with E-state index >= 15 is 0 Å². The lowest BCUT2D eigenvalue weighted by Gasteiger charge is -2.17. The maximum atomic E-state index is 5.12. The lowest BCUT2D eigenvalue weighted by molar-refractivity contribution is 1.17. The first-order valence-corrected chi connectivity index (χ1v) is 19.0. The second kappa shape index (κ2) is 13.1. The van der Waals surface area contributed by atoms with Gasteiger partial charge in [-0.2, -0.15) is 0 Å². The van der Waals surface area contributed by atoms with Crippen molar-refractivity contribution in [3.63, 3.8) is 0 Å². The summed E-state index contributed by atoms with van der Waals surface area (Å²) < 4.78 is 4.85. The second-order valence-corrected chi connectivity index (χ2v) is 14.2. The topological polar surface area (TPSA) is 35.6 Å². The summed E-state index contributed by atoms with van der Waals surface area (Å²) in [5, 5.41) is 4.92. The van der Waals surface area contributed by atoms with Crippen LogP contribution in [0.5, 0.6) is 0 Å². The van der Waals surface area contributed by atoms with Gasteiger partial charge in [0.05, 0.1) is 39.1 Å². The second-order valence-electron chi connectivity index (χ2n) is 14.2. The van der Waals surface area contributed by atoms with E-state index in [0.29, 0.717) is 5.82 Å². The van der Waals surface area contributed by atoms with Crippen LogP contribution in [0, 0.1) is 0 Å². The molecule has 11 rings (SSSR count). The minimum Gasteiger partial charge on any atom is -0.309 e. The zero-order chi connectivity index (χ0) is 37.0. The molecule has 0 saturated heterocycles. The summed E-state index contributed by atoms with van der Waals surface area (Å²) in [5.41, 5.74) is 14.1. The SMILES string of the molecule is c1ccc(-c2cc(-c3ccc(-c4cc5c(cc4-n4c6ccccc6c6ccccc64)c4ccccc4n5-c4ccccc4)cc3)nc(-c3ccccc3)n2)cc1. The third-order valence-corrected chi connectivity index (χ3v) is 10.9. The Balaban J connectivity index is 1.16. The van der Waals surface area contributed by atoms with E-state index in [4.69, 9.17) is 9.97 Å². The molecule has 0 spiro atoms. The number of hydrogen-bond donors (Lipinski definition) is 0. The molecule has 8 aromatic carbocycles. The molecule has 0 atom stereocenters. The molecule has 56 heavy (non-hydrogen) atoms. The highest BCUT2D eigenvalue weighted by molar-refractivity contribution is 6.14. The first kappa shape index (κ1) is 31.9. The first-order valence-electron chi connectivity index (χ1n) is 19.0. The standard InChI is InChI=1S/C52H34N4/c1-4-16-36(17-5-1)45-34-46(54-52(53-45)38-18-6-2-7-19-38)37-30-28-35(29-31-37)43-32-51-44(42-24-12-13-25-47(42)55(51)39-20-8-3-9-21-39)33-50(43)56-48-26-14-10-22-40(48)41-23-11-15-27-49(41)56/h1-34H. The summed E-state index contributed by atoms with van der Waals surface area (Å²) in [6.45, 7) is 0. The van der Waals surface area contributed by atoms with Gasteiger partial charge in [-0.1, -0.05) is 158 Å². The molecule has 11 aromatic rings. The van der Waals surface area contributed by atoms with Crippen LogP contribution in [0.15, 0.2) is 206 Å². The van der Waals surface area contributed by atoms with E-state index in [1.54, 1.807) is 0 Å². The summed E-state index contributed by atoms with van der Waals surface area (Å²) in [6, 6.07) is 73.3. The Kier molecular flexibility index (Phi) is 7.46. The van der Waals surface area contributed by atoms with Gasteiger partial charge in [-0.25, -0.2) is 9.97 Å². The maximum absolute atomic E-state index is 5.12. The predicted molar refractivity (Wildman–Crippen MR) is 232 cm³/mol. The van der Waals surface area contributed by atoms with Gasteiger partial charge in [0.15, 0.2) is 5.82 Å². The lowest BCUT2D eigenvalue weighted by atomic mass is 9.98. The van der Waals surface area contributed by atoms with Crippen molar-refractivity contribution in [2.75, 3.05) is 0 Å². The maximum Gasteiger partial charge on any atom is 0.160 e. The molecule has 0 N–H and O–H groups in total. The number of para-hydroxylation sites is 4. The average Bonchev–Trinajstić information content (AvgIpc) is 3.79.